The normalized spacial score (nSPS) is 14.2. The van der Waals surface area contributed by atoms with Crippen LogP contribution in [0.15, 0.2) is 0 Å². The summed E-state index contributed by atoms with van der Waals surface area (Å²) in [5, 5.41) is 0. The molecule has 4 aromatic rings. The minimum absolute atomic E-state index is 2.21. The Bertz CT molecular complexity index is 1760. The lowest BCUT2D eigenvalue weighted by atomic mass is 10.0. The van der Waals surface area contributed by atoms with Crippen molar-refractivity contribution < 1.29 is 88.3 Å². The van der Waals surface area contributed by atoms with Gasteiger partial charge in [0.05, 0.1) is 22.3 Å². The summed E-state index contributed by atoms with van der Waals surface area (Å²) in [4.78, 5) is 0. The van der Waals surface area contributed by atoms with Gasteiger partial charge in [-0.15, -0.1) is 0 Å². The largest absolute Gasteiger partial charge is 0.767 e. The zero-order chi connectivity index (χ0) is 33.2. The summed E-state index contributed by atoms with van der Waals surface area (Å²) < 4.78 is 253. The molecule has 1 spiro atoms. The van der Waals surface area contributed by atoms with Crippen LogP contribution in [0.2, 0.25) is 0 Å². The maximum absolute atomic E-state index is 15.0. The summed E-state index contributed by atoms with van der Waals surface area (Å²) in [6.07, 6.45) is 0. The van der Waals surface area contributed by atoms with Crippen molar-refractivity contribution in [2.45, 2.75) is 0 Å². The topological polar surface area (TPSA) is 36.9 Å². The quantitative estimate of drug-likeness (QED) is 0.0800. The molecule has 6 rings (SSSR count). The smallest absolute Gasteiger partial charge is 0.237 e. The van der Waals surface area contributed by atoms with Crippen molar-refractivity contribution in [1.82, 2.24) is 0 Å². The number of benzene rings is 4. The van der Waals surface area contributed by atoms with E-state index in [0.29, 0.717) is 0 Å². The van der Waals surface area contributed by atoms with Crippen LogP contribution in [0.1, 0.15) is 0 Å². The summed E-state index contributed by atoms with van der Waals surface area (Å²) in [5.74, 6) is -54.6. The Morgan fingerprint density at radius 3 is 0.556 bits per heavy atom. The van der Waals surface area contributed by atoms with Crippen LogP contribution >= 0.6 is 8.17 Å². The zero-order valence-electron chi connectivity index (χ0n) is 20.1. The Morgan fingerprint density at radius 2 is 0.378 bits per heavy atom. The van der Waals surface area contributed by atoms with Crippen molar-refractivity contribution in [3.05, 3.63) is 93.1 Å². The summed E-state index contributed by atoms with van der Waals surface area (Å²) >= 11 is 0. The van der Waals surface area contributed by atoms with Crippen molar-refractivity contribution in [1.29, 1.82) is 0 Å². The minimum Gasteiger partial charge on any atom is -0.237 e. The third-order valence-corrected chi connectivity index (χ3v) is 7.83. The third-order valence-electron chi connectivity index (χ3n) is 6.21. The average Bonchev–Trinajstić information content (AvgIpc) is 3.26. The molecule has 2 aliphatic rings. The zero-order valence-corrected chi connectivity index (χ0v) is 21.0. The van der Waals surface area contributed by atoms with E-state index in [2.05, 4.69) is 18.1 Å². The highest BCUT2D eigenvalue weighted by atomic mass is 31.2. The summed E-state index contributed by atoms with van der Waals surface area (Å²) in [6.45, 7) is 0. The Balaban J connectivity index is 1.82. The van der Waals surface area contributed by atoms with Crippen molar-refractivity contribution >= 4 is 8.17 Å². The standard InChI is InChI=1S/C24F16O4P/c25-5-1-2-6(26)10(30)14(34)18(38)22(2)42-45(41-21(1)17(37)13(33)9(5)29)43-23-3(7(27)11(31)15(35)19(23)39)4-8(28)12(32)16(36)20(40)24(4)44-45/q+1. The van der Waals surface area contributed by atoms with Gasteiger partial charge in [0.1, 0.15) is 0 Å². The maximum atomic E-state index is 15.0. The van der Waals surface area contributed by atoms with E-state index in [1.54, 1.807) is 0 Å². The molecule has 2 aliphatic heterocycles. The lowest BCUT2D eigenvalue weighted by molar-refractivity contribution is 0.245. The highest BCUT2D eigenvalue weighted by molar-refractivity contribution is 7.58. The molecule has 21 heteroatoms. The Kier molecular flexibility index (Phi) is 6.55. The fraction of sp³-hybridized carbons (Fsp3) is 0. The van der Waals surface area contributed by atoms with Crippen LogP contribution in [0.25, 0.3) is 22.3 Å². The first kappa shape index (κ1) is 30.4. The van der Waals surface area contributed by atoms with E-state index in [4.69, 9.17) is 0 Å². The molecule has 0 amide bonds. The summed E-state index contributed by atoms with van der Waals surface area (Å²) in [6, 6.07) is 0. The molecular weight excluding hydrogens is 687 g/mol. The Morgan fingerprint density at radius 1 is 0.222 bits per heavy atom. The van der Waals surface area contributed by atoms with Gasteiger partial charge in [-0.1, -0.05) is 0 Å². The second kappa shape index (κ2) is 9.69. The maximum Gasteiger partial charge on any atom is 0.767 e. The lowest BCUT2D eigenvalue weighted by Gasteiger charge is -2.18. The van der Waals surface area contributed by atoms with Gasteiger partial charge in [0.15, 0.2) is 46.5 Å². The van der Waals surface area contributed by atoms with E-state index in [1.807, 2.05) is 0 Å². The fourth-order valence-corrected chi connectivity index (χ4v) is 6.04. The van der Waals surface area contributed by atoms with Crippen LogP contribution in [0.5, 0.6) is 23.0 Å². The Labute approximate surface area is 235 Å². The molecule has 2 heterocycles. The molecule has 45 heavy (non-hydrogen) atoms. The number of hydrogen-bond acceptors (Lipinski definition) is 4. The van der Waals surface area contributed by atoms with E-state index in [0.717, 1.165) is 0 Å². The molecule has 0 radical (unpaired) electrons. The third kappa shape index (κ3) is 3.86. The predicted molar refractivity (Wildman–Crippen MR) is 113 cm³/mol. The van der Waals surface area contributed by atoms with Gasteiger partial charge in [0, 0.05) is 0 Å². The van der Waals surface area contributed by atoms with Crippen LogP contribution in [0.4, 0.5) is 70.2 Å². The second-order valence-electron chi connectivity index (χ2n) is 8.65. The number of hydrogen-bond donors (Lipinski definition) is 0. The highest BCUT2D eigenvalue weighted by Crippen LogP contribution is 2.70. The molecule has 0 saturated heterocycles. The van der Waals surface area contributed by atoms with E-state index < -0.39 is 146 Å². The molecule has 4 aromatic carbocycles. The van der Waals surface area contributed by atoms with Crippen molar-refractivity contribution in [3.63, 3.8) is 0 Å². The molecule has 0 bridgehead atoms. The number of rotatable bonds is 0. The Hall–Kier alpha value is -4.61. The van der Waals surface area contributed by atoms with Gasteiger partial charge in [-0.2, -0.15) is 17.6 Å². The summed E-state index contributed by atoms with van der Waals surface area (Å²) in [5.41, 5.74) is -8.84. The van der Waals surface area contributed by atoms with Crippen LogP contribution in [0.3, 0.4) is 0 Å². The minimum atomic E-state index is -6.41. The van der Waals surface area contributed by atoms with Crippen LogP contribution in [0, 0.1) is 93.1 Å². The van der Waals surface area contributed by atoms with Gasteiger partial charge in [0.2, 0.25) is 69.5 Å². The molecule has 4 nitrogen and oxygen atoms in total. The molecule has 0 aliphatic carbocycles. The molecule has 0 unspecified atom stereocenters. The number of halogens is 16. The molecule has 0 N–H and O–H groups in total. The number of fused-ring (bicyclic) bond motifs is 6. The first-order chi connectivity index (χ1) is 21.0. The first-order valence-corrected chi connectivity index (χ1v) is 12.5. The van der Waals surface area contributed by atoms with E-state index >= 15 is 17.6 Å². The van der Waals surface area contributed by atoms with Gasteiger partial charge >= 0.3 is 8.17 Å². The highest BCUT2D eigenvalue weighted by Gasteiger charge is 2.65. The molecule has 0 aromatic heterocycles. The molecule has 236 valence electrons. The fourth-order valence-electron chi connectivity index (χ4n) is 4.24. The van der Waals surface area contributed by atoms with Gasteiger partial charge < -0.3 is 0 Å². The monoisotopic (exact) mass is 687 g/mol. The SMILES string of the molecule is Fc1c(F)c(F)c2c(c1F)O[P+]1(Oc3c(F)c(F)c(F)c(F)c3-2)Oc2c(F)c(F)c(F)c(F)c2-c2c(F)c(F)c(F)c(F)c2O1. The van der Waals surface area contributed by atoms with Gasteiger partial charge in [-0.3, -0.25) is 0 Å². The van der Waals surface area contributed by atoms with Crippen molar-refractivity contribution in [2.24, 2.45) is 0 Å². The van der Waals surface area contributed by atoms with Crippen molar-refractivity contribution in [2.75, 3.05) is 0 Å². The predicted octanol–water partition coefficient (Wildman–Crippen LogP) is 9.17. The van der Waals surface area contributed by atoms with Crippen LogP contribution in [-0.2, 0) is 0 Å². The van der Waals surface area contributed by atoms with Crippen LogP contribution in [-0.4, -0.2) is 0 Å². The molecular formula is C24F16O4P+. The van der Waals surface area contributed by atoms with Gasteiger partial charge in [-0.25, -0.2) is 70.8 Å². The van der Waals surface area contributed by atoms with E-state index in [9.17, 15) is 52.7 Å². The summed E-state index contributed by atoms with van der Waals surface area (Å²) in [7, 11) is -6.41. The van der Waals surface area contributed by atoms with Crippen molar-refractivity contribution in [3.8, 4) is 45.3 Å². The average molecular weight is 687 g/mol. The first-order valence-electron chi connectivity index (χ1n) is 11.1. The van der Waals surface area contributed by atoms with E-state index in [-0.39, 0.29) is 0 Å². The second-order valence-corrected chi connectivity index (χ2v) is 10.3. The van der Waals surface area contributed by atoms with Gasteiger partial charge in [0.25, 0.3) is 0 Å². The lowest BCUT2D eigenvalue weighted by Crippen LogP contribution is -2.22. The molecule has 0 saturated carbocycles. The molecule has 0 atom stereocenters. The van der Waals surface area contributed by atoms with E-state index in [1.165, 1.54) is 0 Å². The molecule has 0 fully saturated rings. The van der Waals surface area contributed by atoms with Crippen LogP contribution < -0.4 is 18.1 Å². The van der Waals surface area contributed by atoms with Gasteiger partial charge in [-0.05, 0) is 0 Å².